The molecule has 16 heavy (non-hydrogen) atoms. The molecule has 3 N–H and O–H groups in total. The summed E-state index contributed by atoms with van der Waals surface area (Å²) >= 11 is 0. The first-order valence-electron chi connectivity index (χ1n) is 4.91. The van der Waals surface area contributed by atoms with Crippen LogP contribution in [0.1, 0.15) is 12.0 Å². The summed E-state index contributed by atoms with van der Waals surface area (Å²) < 4.78 is 0. The molecular formula is C12H11N3O. The number of hydrogen-bond donors (Lipinski definition) is 2. The fourth-order valence-electron chi connectivity index (χ4n) is 1.37. The van der Waals surface area contributed by atoms with Crippen molar-refractivity contribution < 1.29 is 5.11 Å². The summed E-state index contributed by atoms with van der Waals surface area (Å²) in [6.07, 6.45) is 1.91. The Balaban J connectivity index is 2.44. The van der Waals surface area contributed by atoms with E-state index in [4.69, 9.17) is 10.8 Å². The van der Waals surface area contributed by atoms with Crippen LogP contribution in [0, 0.1) is 11.8 Å². The van der Waals surface area contributed by atoms with Crippen LogP contribution < -0.4 is 5.73 Å². The molecule has 1 aromatic carbocycles. The Kier molecular flexibility index (Phi) is 2.99. The SMILES string of the molecule is Nc1ncnc2ccc(C#CCCO)cc12. The number of nitrogens with zero attached hydrogens (tertiary/aromatic N) is 2. The van der Waals surface area contributed by atoms with Gasteiger partial charge in [0.05, 0.1) is 12.1 Å². The number of fused-ring (bicyclic) bond motifs is 1. The quantitative estimate of drug-likeness (QED) is 0.692. The summed E-state index contributed by atoms with van der Waals surface area (Å²) in [5.41, 5.74) is 7.40. The average Bonchev–Trinajstić information content (AvgIpc) is 2.30. The van der Waals surface area contributed by atoms with E-state index in [0.717, 1.165) is 16.5 Å². The van der Waals surface area contributed by atoms with Crippen molar-refractivity contribution in [1.82, 2.24) is 9.97 Å². The lowest BCUT2D eigenvalue weighted by Gasteiger charge is -1.99. The van der Waals surface area contributed by atoms with Gasteiger partial charge in [-0.2, -0.15) is 0 Å². The van der Waals surface area contributed by atoms with E-state index in [-0.39, 0.29) is 6.61 Å². The van der Waals surface area contributed by atoms with Crippen molar-refractivity contribution in [1.29, 1.82) is 0 Å². The van der Waals surface area contributed by atoms with Crippen molar-refractivity contribution >= 4 is 16.7 Å². The minimum atomic E-state index is 0.0752. The number of nitrogens with two attached hydrogens (primary N) is 1. The third kappa shape index (κ3) is 2.10. The highest BCUT2D eigenvalue weighted by atomic mass is 16.2. The van der Waals surface area contributed by atoms with E-state index in [9.17, 15) is 0 Å². The Morgan fingerprint density at radius 2 is 2.19 bits per heavy atom. The molecule has 0 aliphatic heterocycles. The molecule has 0 saturated heterocycles. The van der Waals surface area contributed by atoms with Crippen molar-refractivity contribution in [2.45, 2.75) is 6.42 Å². The van der Waals surface area contributed by atoms with Gasteiger partial charge >= 0.3 is 0 Å². The first kappa shape index (κ1) is 10.4. The van der Waals surface area contributed by atoms with Gasteiger partial charge in [0.1, 0.15) is 12.1 Å². The Hall–Kier alpha value is -2.12. The van der Waals surface area contributed by atoms with Crippen molar-refractivity contribution in [2.24, 2.45) is 0 Å². The Labute approximate surface area is 93.1 Å². The monoisotopic (exact) mass is 213 g/mol. The molecular weight excluding hydrogens is 202 g/mol. The second-order valence-electron chi connectivity index (χ2n) is 3.27. The van der Waals surface area contributed by atoms with Crippen molar-refractivity contribution in [2.75, 3.05) is 12.3 Å². The highest BCUT2D eigenvalue weighted by Gasteiger charge is 1.99. The first-order chi connectivity index (χ1) is 7.81. The molecule has 0 aliphatic carbocycles. The van der Waals surface area contributed by atoms with Gasteiger partial charge in [-0.15, -0.1) is 0 Å². The summed E-state index contributed by atoms with van der Waals surface area (Å²) in [6.45, 7) is 0.0752. The lowest BCUT2D eigenvalue weighted by molar-refractivity contribution is 0.305. The largest absolute Gasteiger partial charge is 0.395 e. The third-order valence-electron chi connectivity index (χ3n) is 2.14. The smallest absolute Gasteiger partial charge is 0.134 e. The number of anilines is 1. The number of aliphatic hydroxyl groups excluding tert-OH is 1. The minimum Gasteiger partial charge on any atom is -0.395 e. The molecule has 80 valence electrons. The molecule has 0 amide bonds. The molecule has 2 rings (SSSR count). The molecule has 0 spiro atoms. The standard InChI is InChI=1S/C12H11N3O/c13-12-10-7-9(3-1-2-6-16)4-5-11(10)14-8-15-12/h4-5,7-8,16H,2,6H2,(H2,13,14,15). The van der Waals surface area contributed by atoms with Gasteiger partial charge in [0.25, 0.3) is 0 Å². The van der Waals surface area contributed by atoms with E-state index < -0.39 is 0 Å². The van der Waals surface area contributed by atoms with Crippen molar-refractivity contribution in [3.63, 3.8) is 0 Å². The van der Waals surface area contributed by atoms with Crippen LogP contribution >= 0.6 is 0 Å². The minimum absolute atomic E-state index is 0.0752. The summed E-state index contributed by atoms with van der Waals surface area (Å²) in [5, 5.41) is 9.42. The van der Waals surface area contributed by atoms with Crippen LogP contribution in [0.4, 0.5) is 5.82 Å². The van der Waals surface area contributed by atoms with Gasteiger partial charge in [0.15, 0.2) is 0 Å². The zero-order valence-corrected chi connectivity index (χ0v) is 8.64. The topological polar surface area (TPSA) is 72.0 Å². The van der Waals surface area contributed by atoms with Crippen LogP contribution in [-0.2, 0) is 0 Å². The number of aromatic nitrogens is 2. The molecule has 4 nitrogen and oxygen atoms in total. The lowest BCUT2D eigenvalue weighted by Crippen LogP contribution is -1.93. The maximum atomic E-state index is 8.62. The summed E-state index contributed by atoms with van der Waals surface area (Å²) in [7, 11) is 0. The van der Waals surface area contributed by atoms with Crippen LogP contribution in [0.3, 0.4) is 0 Å². The van der Waals surface area contributed by atoms with Crippen LogP contribution in [-0.4, -0.2) is 21.7 Å². The Morgan fingerprint density at radius 1 is 1.31 bits per heavy atom. The molecule has 4 heteroatoms. The first-order valence-corrected chi connectivity index (χ1v) is 4.91. The van der Waals surface area contributed by atoms with E-state index in [1.165, 1.54) is 6.33 Å². The van der Waals surface area contributed by atoms with Crippen LogP contribution in [0.5, 0.6) is 0 Å². The second kappa shape index (κ2) is 4.60. The zero-order chi connectivity index (χ0) is 11.4. The predicted molar refractivity (Wildman–Crippen MR) is 62.5 cm³/mol. The highest BCUT2D eigenvalue weighted by molar-refractivity contribution is 5.88. The number of rotatable bonds is 1. The highest BCUT2D eigenvalue weighted by Crippen LogP contribution is 2.17. The van der Waals surface area contributed by atoms with E-state index in [0.29, 0.717) is 12.2 Å². The second-order valence-corrected chi connectivity index (χ2v) is 3.27. The van der Waals surface area contributed by atoms with Gasteiger partial charge in [-0.25, -0.2) is 9.97 Å². The van der Waals surface area contributed by atoms with E-state index >= 15 is 0 Å². The van der Waals surface area contributed by atoms with Gasteiger partial charge in [-0.1, -0.05) is 11.8 Å². The van der Waals surface area contributed by atoms with Crippen molar-refractivity contribution in [3.05, 3.63) is 30.1 Å². The average molecular weight is 213 g/mol. The molecule has 0 atom stereocenters. The predicted octanol–water partition coefficient (Wildman–Crippen LogP) is 0.946. The Morgan fingerprint density at radius 3 is 3.00 bits per heavy atom. The number of aliphatic hydroxyl groups is 1. The third-order valence-corrected chi connectivity index (χ3v) is 2.14. The molecule has 0 saturated carbocycles. The molecule has 0 fully saturated rings. The van der Waals surface area contributed by atoms with Crippen LogP contribution in [0.15, 0.2) is 24.5 Å². The van der Waals surface area contributed by atoms with Gasteiger partial charge in [-0.3, -0.25) is 0 Å². The fourth-order valence-corrected chi connectivity index (χ4v) is 1.37. The van der Waals surface area contributed by atoms with Gasteiger partial charge in [0.2, 0.25) is 0 Å². The summed E-state index contributed by atoms with van der Waals surface area (Å²) in [4.78, 5) is 8.02. The normalized spacial score (nSPS) is 9.81. The molecule has 1 aromatic heterocycles. The fraction of sp³-hybridized carbons (Fsp3) is 0.167. The number of benzene rings is 1. The van der Waals surface area contributed by atoms with Gasteiger partial charge < -0.3 is 10.8 Å². The van der Waals surface area contributed by atoms with Crippen LogP contribution in [0.25, 0.3) is 10.9 Å². The van der Waals surface area contributed by atoms with Gasteiger partial charge in [0, 0.05) is 17.4 Å². The van der Waals surface area contributed by atoms with E-state index in [2.05, 4.69) is 21.8 Å². The van der Waals surface area contributed by atoms with Crippen molar-refractivity contribution in [3.8, 4) is 11.8 Å². The van der Waals surface area contributed by atoms with Crippen LogP contribution in [0.2, 0.25) is 0 Å². The molecule has 0 unspecified atom stereocenters. The van der Waals surface area contributed by atoms with Gasteiger partial charge in [-0.05, 0) is 18.2 Å². The number of nitrogen functional groups attached to an aromatic ring is 1. The maximum Gasteiger partial charge on any atom is 0.134 e. The Bertz CT molecular complexity index is 569. The number of hydrogen-bond acceptors (Lipinski definition) is 4. The molecule has 2 aromatic rings. The van der Waals surface area contributed by atoms with E-state index in [1.54, 1.807) is 0 Å². The molecule has 0 bridgehead atoms. The molecule has 0 aliphatic rings. The summed E-state index contributed by atoms with van der Waals surface area (Å²) in [6, 6.07) is 5.59. The molecule has 0 radical (unpaired) electrons. The van der Waals surface area contributed by atoms with E-state index in [1.807, 2.05) is 18.2 Å². The zero-order valence-electron chi connectivity index (χ0n) is 8.64. The lowest BCUT2D eigenvalue weighted by atomic mass is 10.1. The maximum absolute atomic E-state index is 8.62. The molecule has 1 heterocycles. The summed E-state index contributed by atoms with van der Waals surface area (Å²) in [5.74, 6) is 6.25.